The number of benzene rings is 2. The van der Waals surface area contributed by atoms with Gasteiger partial charge in [-0.1, -0.05) is 30.3 Å². The molecule has 2 atom stereocenters. The molecule has 0 aliphatic carbocycles. The van der Waals surface area contributed by atoms with Crippen LogP contribution in [0.2, 0.25) is 0 Å². The van der Waals surface area contributed by atoms with Crippen LogP contribution in [0.25, 0.3) is 0 Å². The first-order valence-electron chi connectivity index (χ1n) is 12.4. The van der Waals surface area contributed by atoms with E-state index in [1.807, 2.05) is 60.4 Å². The first kappa shape index (κ1) is 22.4. The maximum Gasteiger partial charge on any atom is 0.253 e. The van der Waals surface area contributed by atoms with Gasteiger partial charge in [0.15, 0.2) is 0 Å². The normalized spacial score (nSPS) is 20.6. The summed E-state index contributed by atoms with van der Waals surface area (Å²) in [6.07, 6.45) is 4.86. The van der Waals surface area contributed by atoms with Crippen LogP contribution in [0.5, 0.6) is 0 Å². The maximum atomic E-state index is 13.6. The molecular weight excluding hydrogens is 428 g/mol. The average Bonchev–Trinajstić information content (AvgIpc) is 3.41. The van der Waals surface area contributed by atoms with Gasteiger partial charge in [0.2, 0.25) is 11.8 Å². The van der Waals surface area contributed by atoms with Crippen LogP contribution in [-0.2, 0) is 9.59 Å². The number of hydrogen-bond acceptors (Lipinski definition) is 4. The number of nitrogens with zero attached hydrogens (tertiary/aromatic N) is 3. The van der Waals surface area contributed by atoms with E-state index in [-0.39, 0.29) is 36.3 Å². The number of anilines is 2. The van der Waals surface area contributed by atoms with Gasteiger partial charge in [0.05, 0.1) is 17.4 Å². The number of rotatable bonds is 5. The molecule has 7 heteroatoms. The maximum absolute atomic E-state index is 13.6. The van der Waals surface area contributed by atoms with E-state index < -0.39 is 0 Å². The zero-order chi connectivity index (χ0) is 23.7. The Hall–Kier alpha value is -3.35. The summed E-state index contributed by atoms with van der Waals surface area (Å²) in [5, 5.41) is 3.03. The summed E-state index contributed by atoms with van der Waals surface area (Å²) < 4.78 is 0. The molecule has 3 aliphatic rings. The Morgan fingerprint density at radius 3 is 2.47 bits per heavy atom. The second-order valence-electron chi connectivity index (χ2n) is 9.53. The van der Waals surface area contributed by atoms with Crippen molar-refractivity contribution in [3.8, 4) is 0 Å². The van der Waals surface area contributed by atoms with Crippen molar-refractivity contribution in [2.24, 2.45) is 0 Å². The van der Waals surface area contributed by atoms with Gasteiger partial charge in [-0.3, -0.25) is 19.3 Å². The molecule has 34 heavy (non-hydrogen) atoms. The molecule has 7 nitrogen and oxygen atoms in total. The molecule has 0 aromatic heterocycles. The van der Waals surface area contributed by atoms with Gasteiger partial charge < -0.3 is 15.1 Å². The van der Waals surface area contributed by atoms with E-state index in [0.29, 0.717) is 11.3 Å². The summed E-state index contributed by atoms with van der Waals surface area (Å²) in [6, 6.07) is 15.0. The van der Waals surface area contributed by atoms with E-state index >= 15 is 0 Å². The Bertz CT molecular complexity index is 1080. The standard InChI is InChI=1S/C27H32N4O3/c1-19(20-9-3-2-4-10-20)28-25(32)18-31-24-17-21(26(33)29-14-7-8-15-29)12-13-22(24)30-16-6-5-11-23(30)27(31)34/h2-4,9-10,12-13,17,19,23H,5-8,11,14-16,18H2,1H3,(H,28,32). The number of hydrogen-bond donors (Lipinski definition) is 1. The van der Waals surface area contributed by atoms with Crippen LogP contribution < -0.4 is 15.1 Å². The van der Waals surface area contributed by atoms with Gasteiger partial charge >= 0.3 is 0 Å². The SMILES string of the molecule is CC(NC(=O)CN1C(=O)C2CCCCN2c2ccc(C(=O)N3CCCC3)cc21)c1ccccc1. The van der Waals surface area contributed by atoms with E-state index in [1.165, 1.54) is 0 Å². The van der Waals surface area contributed by atoms with Gasteiger partial charge in [0, 0.05) is 25.2 Å². The highest BCUT2D eigenvalue weighted by molar-refractivity contribution is 6.10. The molecule has 2 aromatic carbocycles. The number of carbonyl (C=O) groups excluding carboxylic acids is 3. The van der Waals surface area contributed by atoms with Crippen molar-refractivity contribution in [1.82, 2.24) is 10.2 Å². The molecular formula is C27H32N4O3. The topological polar surface area (TPSA) is 73.0 Å². The molecule has 0 radical (unpaired) electrons. The van der Waals surface area contributed by atoms with Crippen LogP contribution in [0.15, 0.2) is 48.5 Å². The van der Waals surface area contributed by atoms with Crippen molar-refractivity contribution < 1.29 is 14.4 Å². The van der Waals surface area contributed by atoms with Crippen LogP contribution in [-0.4, -0.2) is 54.8 Å². The lowest BCUT2D eigenvalue weighted by Gasteiger charge is -2.45. The van der Waals surface area contributed by atoms with E-state index in [1.54, 1.807) is 4.90 Å². The van der Waals surface area contributed by atoms with Crippen molar-refractivity contribution in [3.63, 3.8) is 0 Å². The highest BCUT2D eigenvalue weighted by atomic mass is 16.2. The minimum atomic E-state index is -0.249. The molecule has 2 aromatic rings. The molecule has 1 N–H and O–H groups in total. The Morgan fingerprint density at radius 2 is 1.71 bits per heavy atom. The summed E-state index contributed by atoms with van der Waals surface area (Å²) in [7, 11) is 0. The Kier molecular flexibility index (Phi) is 6.26. The van der Waals surface area contributed by atoms with Crippen LogP contribution in [0.1, 0.15) is 61.0 Å². The summed E-state index contributed by atoms with van der Waals surface area (Å²) in [6.45, 7) is 4.23. The number of amides is 3. The third-order valence-electron chi connectivity index (χ3n) is 7.25. The van der Waals surface area contributed by atoms with Gasteiger partial charge in [0.1, 0.15) is 12.6 Å². The van der Waals surface area contributed by atoms with Crippen molar-refractivity contribution in [3.05, 3.63) is 59.7 Å². The first-order valence-corrected chi connectivity index (χ1v) is 12.4. The molecule has 3 aliphatic heterocycles. The third kappa shape index (κ3) is 4.27. The van der Waals surface area contributed by atoms with Crippen LogP contribution in [0.3, 0.4) is 0 Å². The summed E-state index contributed by atoms with van der Waals surface area (Å²) >= 11 is 0. The molecule has 3 heterocycles. The third-order valence-corrected chi connectivity index (χ3v) is 7.25. The van der Waals surface area contributed by atoms with Crippen molar-refractivity contribution in [2.75, 3.05) is 36.0 Å². The largest absolute Gasteiger partial charge is 0.358 e. The predicted octanol–water partition coefficient (Wildman–Crippen LogP) is 3.51. The summed E-state index contributed by atoms with van der Waals surface area (Å²) in [5.74, 6) is -0.271. The Balaban J connectivity index is 1.42. The van der Waals surface area contributed by atoms with Gasteiger partial charge in [-0.25, -0.2) is 0 Å². The first-order chi connectivity index (χ1) is 16.5. The van der Waals surface area contributed by atoms with E-state index in [4.69, 9.17) is 0 Å². The molecule has 0 spiro atoms. The van der Waals surface area contributed by atoms with Crippen molar-refractivity contribution in [2.45, 2.75) is 51.1 Å². The highest BCUT2D eigenvalue weighted by Crippen LogP contribution is 2.40. The lowest BCUT2D eigenvalue weighted by molar-refractivity contribution is -0.125. The van der Waals surface area contributed by atoms with Crippen LogP contribution >= 0.6 is 0 Å². The Labute approximate surface area is 200 Å². The minimum absolute atomic E-state index is 0.00406. The monoisotopic (exact) mass is 460 g/mol. The van der Waals surface area contributed by atoms with Gasteiger partial charge in [-0.2, -0.15) is 0 Å². The quantitative estimate of drug-likeness (QED) is 0.741. The lowest BCUT2D eigenvalue weighted by atomic mass is 9.95. The molecule has 0 bridgehead atoms. The zero-order valence-corrected chi connectivity index (χ0v) is 19.7. The number of piperidine rings is 1. The number of likely N-dealkylation sites (tertiary alicyclic amines) is 1. The van der Waals surface area contributed by atoms with Crippen molar-refractivity contribution >= 4 is 29.1 Å². The average molecular weight is 461 g/mol. The van der Waals surface area contributed by atoms with E-state index in [9.17, 15) is 14.4 Å². The van der Waals surface area contributed by atoms with Gasteiger partial charge in [0.25, 0.3) is 5.91 Å². The molecule has 5 rings (SSSR count). The smallest absolute Gasteiger partial charge is 0.253 e. The molecule has 178 valence electrons. The van der Waals surface area contributed by atoms with Gasteiger partial charge in [-0.05, 0) is 62.8 Å². The predicted molar refractivity (Wildman–Crippen MR) is 132 cm³/mol. The highest BCUT2D eigenvalue weighted by Gasteiger charge is 2.40. The van der Waals surface area contributed by atoms with Gasteiger partial charge in [-0.15, -0.1) is 0 Å². The molecule has 0 saturated carbocycles. The van der Waals surface area contributed by atoms with Crippen LogP contribution in [0.4, 0.5) is 11.4 Å². The summed E-state index contributed by atoms with van der Waals surface area (Å²) in [4.78, 5) is 45.3. The summed E-state index contributed by atoms with van der Waals surface area (Å²) in [5.41, 5.74) is 3.19. The number of nitrogens with one attached hydrogen (secondary N) is 1. The van der Waals surface area contributed by atoms with E-state index in [0.717, 1.165) is 63.0 Å². The second-order valence-corrected chi connectivity index (χ2v) is 9.53. The Morgan fingerprint density at radius 1 is 0.971 bits per heavy atom. The fraction of sp³-hybridized carbons (Fsp3) is 0.444. The minimum Gasteiger partial charge on any atom is -0.358 e. The molecule has 2 saturated heterocycles. The second kappa shape index (κ2) is 9.49. The molecule has 3 amide bonds. The molecule has 2 unspecified atom stereocenters. The van der Waals surface area contributed by atoms with Crippen LogP contribution in [0, 0.1) is 0 Å². The fourth-order valence-electron chi connectivity index (χ4n) is 5.41. The molecule has 2 fully saturated rings. The zero-order valence-electron chi connectivity index (χ0n) is 19.7. The fourth-order valence-corrected chi connectivity index (χ4v) is 5.41. The van der Waals surface area contributed by atoms with Crippen molar-refractivity contribution in [1.29, 1.82) is 0 Å². The lowest BCUT2D eigenvalue weighted by Crippen LogP contribution is -2.57. The number of carbonyl (C=O) groups is 3. The van der Waals surface area contributed by atoms with E-state index in [2.05, 4.69) is 10.2 Å². The number of fused-ring (bicyclic) bond motifs is 3.